The molecule has 4 fully saturated rings. The molecule has 0 bridgehead atoms. The maximum atomic E-state index is 3.22. The summed E-state index contributed by atoms with van der Waals surface area (Å²) in [6.45, 7) is 14.2. The van der Waals surface area contributed by atoms with Gasteiger partial charge in [0.1, 0.15) is 0 Å². The molecule has 4 rings (SSSR count). The Hall–Kier alpha value is -0.200. The molecule has 0 spiro atoms. The van der Waals surface area contributed by atoms with E-state index in [1.165, 1.54) is 181 Å². The summed E-state index contributed by atoms with van der Waals surface area (Å²) in [5, 5.41) is 0. The van der Waals surface area contributed by atoms with Gasteiger partial charge >= 0.3 is 0 Å². The van der Waals surface area contributed by atoms with E-state index in [1.54, 1.807) is 0 Å². The SMILES string of the molecule is CCCCCCCCCCCCC(CN(C1CCN(C)CC1)C1CCN(C)CC1)(C1CCN(C)CC1)C1CCN(C)CC1. The summed E-state index contributed by atoms with van der Waals surface area (Å²) in [5.41, 5.74) is 0.509. The molecule has 5 heteroatoms. The number of piperidine rings is 4. The van der Waals surface area contributed by atoms with Crippen LogP contribution in [-0.4, -0.2) is 124 Å². The van der Waals surface area contributed by atoms with Crippen molar-refractivity contribution in [1.82, 2.24) is 24.5 Å². The van der Waals surface area contributed by atoms with Crippen LogP contribution in [0.2, 0.25) is 0 Å². The molecule has 4 saturated heterocycles. The van der Waals surface area contributed by atoms with Gasteiger partial charge in [-0.25, -0.2) is 0 Å². The Morgan fingerprint density at radius 2 is 0.791 bits per heavy atom. The molecule has 0 radical (unpaired) electrons. The normalized spacial score (nSPS) is 24.4. The van der Waals surface area contributed by atoms with Crippen molar-refractivity contribution in [1.29, 1.82) is 0 Å². The molecule has 4 heterocycles. The van der Waals surface area contributed by atoms with E-state index in [0.717, 1.165) is 23.9 Å². The van der Waals surface area contributed by atoms with Crippen molar-refractivity contribution in [3.63, 3.8) is 0 Å². The van der Waals surface area contributed by atoms with E-state index in [-0.39, 0.29) is 0 Å². The third kappa shape index (κ3) is 10.9. The van der Waals surface area contributed by atoms with Crippen molar-refractivity contribution in [3.8, 4) is 0 Å². The Morgan fingerprint density at radius 1 is 0.465 bits per heavy atom. The van der Waals surface area contributed by atoms with Crippen LogP contribution in [-0.2, 0) is 0 Å². The Balaban J connectivity index is 1.51. The smallest absolute Gasteiger partial charge is 0.0123 e. The van der Waals surface area contributed by atoms with Crippen molar-refractivity contribution in [2.24, 2.45) is 17.3 Å². The summed E-state index contributed by atoms with van der Waals surface area (Å²) in [4.78, 5) is 13.7. The largest absolute Gasteiger partial charge is 0.306 e. The zero-order valence-corrected chi connectivity index (χ0v) is 29.8. The molecule has 0 aliphatic carbocycles. The third-order valence-electron chi connectivity index (χ3n) is 12.9. The van der Waals surface area contributed by atoms with Crippen molar-refractivity contribution in [3.05, 3.63) is 0 Å². The van der Waals surface area contributed by atoms with Crippen molar-refractivity contribution < 1.29 is 0 Å². The van der Waals surface area contributed by atoms with Gasteiger partial charge in [-0.2, -0.15) is 0 Å². The Bertz CT molecular complexity index is 668. The summed E-state index contributed by atoms with van der Waals surface area (Å²) in [5.74, 6) is 1.83. The van der Waals surface area contributed by atoms with E-state index in [1.807, 2.05) is 0 Å². The number of hydrogen-bond donors (Lipinski definition) is 0. The molecule has 0 N–H and O–H groups in total. The second kappa shape index (κ2) is 18.8. The second-order valence-electron chi connectivity index (χ2n) is 16.1. The number of nitrogens with zero attached hydrogens (tertiary/aromatic N) is 5. The van der Waals surface area contributed by atoms with Crippen LogP contribution >= 0.6 is 0 Å². The highest BCUT2D eigenvalue weighted by atomic mass is 15.2. The highest BCUT2D eigenvalue weighted by Gasteiger charge is 2.48. The molecule has 43 heavy (non-hydrogen) atoms. The van der Waals surface area contributed by atoms with E-state index in [9.17, 15) is 0 Å². The summed E-state index contributed by atoms with van der Waals surface area (Å²) in [7, 11) is 9.45. The highest BCUT2D eigenvalue weighted by molar-refractivity contribution is 5.00. The predicted molar refractivity (Wildman–Crippen MR) is 187 cm³/mol. The molecule has 0 aromatic rings. The van der Waals surface area contributed by atoms with E-state index < -0.39 is 0 Å². The molecule has 4 aliphatic heterocycles. The molecular weight excluding hydrogens is 526 g/mol. The monoisotopic (exact) mass is 602 g/mol. The van der Waals surface area contributed by atoms with Crippen LogP contribution in [0, 0.1) is 17.3 Å². The van der Waals surface area contributed by atoms with Crippen molar-refractivity contribution in [2.75, 3.05) is 87.1 Å². The van der Waals surface area contributed by atoms with Crippen LogP contribution in [0.15, 0.2) is 0 Å². The van der Waals surface area contributed by atoms with Crippen LogP contribution in [0.4, 0.5) is 0 Å². The first kappa shape index (κ1) is 35.7. The fourth-order valence-electron chi connectivity index (χ4n) is 9.74. The topological polar surface area (TPSA) is 16.2 Å². The maximum absolute atomic E-state index is 3.22. The fourth-order valence-corrected chi connectivity index (χ4v) is 9.74. The van der Waals surface area contributed by atoms with Gasteiger partial charge in [-0.15, -0.1) is 0 Å². The molecule has 0 saturated carbocycles. The number of hydrogen-bond acceptors (Lipinski definition) is 5. The van der Waals surface area contributed by atoms with Gasteiger partial charge in [0.25, 0.3) is 0 Å². The van der Waals surface area contributed by atoms with Crippen molar-refractivity contribution >= 4 is 0 Å². The summed E-state index contributed by atoms with van der Waals surface area (Å²) >= 11 is 0. The van der Waals surface area contributed by atoms with Gasteiger partial charge in [0.15, 0.2) is 0 Å². The van der Waals surface area contributed by atoms with E-state index in [2.05, 4.69) is 59.6 Å². The van der Waals surface area contributed by atoms with Crippen LogP contribution in [0.5, 0.6) is 0 Å². The summed E-state index contributed by atoms with van der Waals surface area (Å²) in [6, 6.07) is 1.60. The maximum Gasteiger partial charge on any atom is 0.0123 e. The first-order valence-electron chi connectivity index (χ1n) is 19.4. The van der Waals surface area contributed by atoms with Gasteiger partial charge in [-0.05, 0) is 156 Å². The lowest BCUT2D eigenvalue weighted by Crippen LogP contribution is -2.59. The Morgan fingerprint density at radius 3 is 1.16 bits per heavy atom. The lowest BCUT2D eigenvalue weighted by atomic mass is 9.58. The lowest BCUT2D eigenvalue weighted by Gasteiger charge is -2.56. The van der Waals surface area contributed by atoms with Gasteiger partial charge < -0.3 is 19.6 Å². The minimum absolute atomic E-state index is 0.509. The molecule has 0 unspecified atom stereocenters. The Kier molecular flexibility index (Phi) is 15.6. The van der Waals surface area contributed by atoms with Crippen LogP contribution in [0.3, 0.4) is 0 Å². The molecule has 4 aliphatic rings. The van der Waals surface area contributed by atoms with E-state index in [0.29, 0.717) is 5.41 Å². The molecule has 0 amide bonds. The summed E-state index contributed by atoms with van der Waals surface area (Å²) in [6.07, 6.45) is 27.4. The van der Waals surface area contributed by atoms with Crippen molar-refractivity contribution in [2.45, 2.75) is 141 Å². The number of unbranched alkanes of at least 4 members (excludes halogenated alkanes) is 9. The molecule has 0 aromatic carbocycles. The molecule has 0 aromatic heterocycles. The lowest BCUT2D eigenvalue weighted by molar-refractivity contribution is -0.0677. The highest BCUT2D eigenvalue weighted by Crippen LogP contribution is 2.51. The first-order valence-corrected chi connectivity index (χ1v) is 19.4. The Labute approximate surface area is 269 Å². The second-order valence-corrected chi connectivity index (χ2v) is 16.1. The molecule has 5 nitrogen and oxygen atoms in total. The first-order chi connectivity index (χ1) is 20.9. The van der Waals surface area contributed by atoms with Gasteiger partial charge in [-0.3, -0.25) is 4.90 Å². The fraction of sp³-hybridized carbons (Fsp3) is 1.00. The van der Waals surface area contributed by atoms with Crippen LogP contribution in [0.25, 0.3) is 0 Å². The van der Waals surface area contributed by atoms with E-state index >= 15 is 0 Å². The van der Waals surface area contributed by atoms with Crippen LogP contribution < -0.4 is 0 Å². The van der Waals surface area contributed by atoms with Gasteiger partial charge in [0.2, 0.25) is 0 Å². The molecular formula is C38H75N5. The minimum Gasteiger partial charge on any atom is -0.306 e. The quantitative estimate of drug-likeness (QED) is 0.160. The van der Waals surface area contributed by atoms with Crippen LogP contribution in [0.1, 0.15) is 129 Å². The van der Waals surface area contributed by atoms with Gasteiger partial charge in [0.05, 0.1) is 0 Å². The molecule has 0 atom stereocenters. The average Bonchev–Trinajstić information content (AvgIpc) is 3.02. The summed E-state index contributed by atoms with van der Waals surface area (Å²) < 4.78 is 0. The zero-order valence-electron chi connectivity index (χ0n) is 29.8. The predicted octanol–water partition coefficient (Wildman–Crippen LogP) is 7.46. The third-order valence-corrected chi connectivity index (χ3v) is 12.9. The minimum atomic E-state index is 0.509. The number of likely N-dealkylation sites (tertiary alicyclic amines) is 4. The number of rotatable bonds is 17. The van der Waals surface area contributed by atoms with Gasteiger partial charge in [0, 0.05) is 18.6 Å². The zero-order chi connectivity index (χ0) is 30.5. The van der Waals surface area contributed by atoms with E-state index in [4.69, 9.17) is 0 Å². The molecule has 252 valence electrons. The average molecular weight is 602 g/mol. The van der Waals surface area contributed by atoms with Gasteiger partial charge in [-0.1, -0.05) is 71.1 Å². The standard InChI is InChI=1S/C38H75N5/c1-6-7-8-9-10-11-12-13-14-15-24-38(34-16-25-39(2)26-17-34,35-18-27-40(3)28-19-35)33-43(36-20-29-41(4)30-21-36)37-22-31-42(5)32-23-37/h34-37H,6-33H2,1-5H3.